The molecule has 96 valence electrons. The van der Waals surface area contributed by atoms with Crippen LogP contribution in [-0.2, 0) is 6.54 Å². The van der Waals surface area contributed by atoms with E-state index in [9.17, 15) is 4.79 Å². The Balaban J connectivity index is 1.89. The van der Waals surface area contributed by atoms with Gasteiger partial charge in [-0.05, 0) is 29.8 Å². The van der Waals surface area contributed by atoms with Crippen LogP contribution in [0.3, 0.4) is 0 Å². The summed E-state index contributed by atoms with van der Waals surface area (Å²) in [5.41, 5.74) is 7.60. The largest absolute Gasteiger partial charge is 0.412 e. The summed E-state index contributed by atoms with van der Waals surface area (Å²) in [6, 6.07) is 9.90. The number of fused-ring (bicyclic) bond motifs is 1. The first-order valence-electron chi connectivity index (χ1n) is 5.77. The zero-order valence-corrected chi connectivity index (χ0v) is 10.0. The molecule has 6 heteroatoms. The highest BCUT2D eigenvalue weighted by Crippen LogP contribution is 2.18. The summed E-state index contributed by atoms with van der Waals surface area (Å²) >= 11 is 0. The van der Waals surface area contributed by atoms with E-state index in [1.54, 1.807) is 0 Å². The number of aromatic nitrogens is 3. The van der Waals surface area contributed by atoms with Crippen LogP contribution in [0, 0.1) is 0 Å². The molecule has 0 atom stereocenters. The number of primary amides is 1. The highest BCUT2D eigenvalue weighted by atomic mass is 16.6. The topological polar surface area (TPSA) is 85.9 Å². The van der Waals surface area contributed by atoms with Crippen LogP contribution in [0.15, 0.2) is 42.7 Å². The minimum absolute atomic E-state index is 0.112. The van der Waals surface area contributed by atoms with Crippen molar-refractivity contribution in [3.8, 4) is 6.01 Å². The molecule has 3 aromatic rings. The first-order valence-corrected chi connectivity index (χ1v) is 5.77. The third-order valence-electron chi connectivity index (χ3n) is 2.75. The van der Waals surface area contributed by atoms with Crippen molar-refractivity contribution in [1.82, 2.24) is 14.5 Å². The van der Waals surface area contributed by atoms with Gasteiger partial charge in [0, 0.05) is 18.9 Å². The second-order valence-electron chi connectivity index (χ2n) is 4.17. The van der Waals surface area contributed by atoms with Gasteiger partial charge < -0.3 is 20.0 Å². The van der Waals surface area contributed by atoms with E-state index in [4.69, 9.17) is 10.5 Å². The van der Waals surface area contributed by atoms with E-state index >= 15 is 0 Å². The van der Waals surface area contributed by atoms with Gasteiger partial charge in [0.25, 0.3) is 0 Å². The van der Waals surface area contributed by atoms with Gasteiger partial charge in [-0.15, -0.1) is 0 Å². The number of carbonyl (C=O) groups excluding carboxylic acids is 1. The van der Waals surface area contributed by atoms with E-state index in [1.807, 2.05) is 42.7 Å². The summed E-state index contributed by atoms with van der Waals surface area (Å²) in [5.74, 6) is 0. The minimum Gasteiger partial charge on any atom is -0.376 e. The van der Waals surface area contributed by atoms with Gasteiger partial charge >= 0.3 is 12.1 Å². The van der Waals surface area contributed by atoms with E-state index in [2.05, 4.69) is 14.5 Å². The maximum Gasteiger partial charge on any atom is 0.412 e. The molecule has 0 aliphatic heterocycles. The van der Waals surface area contributed by atoms with E-state index in [0.29, 0.717) is 0 Å². The molecule has 0 spiro atoms. The number of hydrogen-bond donors (Lipinski definition) is 2. The van der Waals surface area contributed by atoms with Gasteiger partial charge in [0.2, 0.25) is 0 Å². The van der Waals surface area contributed by atoms with Crippen LogP contribution < -0.4 is 10.5 Å². The number of hydrogen-bond acceptors (Lipinski definition) is 3. The number of amides is 1. The van der Waals surface area contributed by atoms with Crippen LogP contribution in [0.1, 0.15) is 5.56 Å². The number of imidazole rings is 1. The Morgan fingerprint density at radius 3 is 2.89 bits per heavy atom. The number of nitrogens with two attached hydrogens (primary N) is 1. The van der Waals surface area contributed by atoms with Gasteiger partial charge in [-0.25, -0.2) is 4.79 Å². The SMILES string of the molecule is NC(=O)Oc1nc2ccc(Cn3cccc3)cc2[nH]1. The standard InChI is InChI=1S/C13H12N4O2/c14-12(18)19-13-15-10-4-3-9(7-11(10)16-13)8-17-5-1-2-6-17/h1-7H,8H2,(H2,14,18)(H,15,16). The molecule has 0 unspecified atom stereocenters. The van der Waals surface area contributed by atoms with Gasteiger partial charge in [0.1, 0.15) is 0 Å². The number of benzene rings is 1. The number of ether oxygens (including phenoxy) is 1. The third kappa shape index (κ3) is 2.42. The van der Waals surface area contributed by atoms with Crippen molar-refractivity contribution in [2.45, 2.75) is 6.54 Å². The highest BCUT2D eigenvalue weighted by Gasteiger charge is 2.07. The number of nitrogens with zero attached hydrogens (tertiary/aromatic N) is 2. The van der Waals surface area contributed by atoms with Crippen LogP contribution in [0.2, 0.25) is 0 Å². The van der Waals surface area contributed by atoms with Gasteiger partial charge in [-0.2, -0.15) is 4.98 Å². The second kappa shape index (κ2) is 4.49. The molecule has 0 saturated carbocycles. The van der Waals surface area contributed by atoms with Crippen LogP contribution in [0.25, 0.3) is 11.0 Å². The Hall–Kier alpha value is -2.76. The van der Waals surface area contributed by atoms with Crippen LogP contribution in [0.4, 0.5) is 4.79 Å². The van der Waals surface area contributed by atoms with Crippen molar-refractivity contribution in [2.24, 2.45) is 5.73 Å². The summed E-state index contributed by atoms with van der Waals surface area (Å²) in [6.45, 7) is 0.772. The minimum atomic E-state index is -0.883. The second-order valence-corrected chi connectivity index (χ2v) is 4.17. The Morgan fingerprint density at radius 1 is 1.37 bits per heavy atom. The summed E-state index contributed by atoms with van der Waals surface area (Å²) in [6.07, 6.45) is 3.11. The molecule has 0 radical (unpaired) electrons. The molecule has 0 bridgehead atoms. The van der Waals surface area contributed by atoms with Gasteiger partial charge in [0.15, 0.2) is 0 Å². The average molecular weight is 256 g/mol. The number of H-pyrrole nitrogens is 1. The molecule has 3 N–H and O–H groups in total. The predicted octanol–water partition coefficient (Wildman–Crippen LogP) is 1.87. The molecule has 1 aromatic carbocycles. The molecule has 1 amide bonds. The van der Waals surface area contributed by atoms with Crippen LogP contribution >= 0.6 is 0 Å². The maximum absolute atomic E-state index is 10.7. The average Bonchev–Trinajstić information content (AvgIpc) is 2.96. The normalized spacial score (nSPS) is 10.7. The highest BCUT2D eigenvalue weighted by molar-refractivity contribution is 5.77. The number of aromatic amines is 1. The molecule has 0 aliphatic carbocycles. The molecular weight excluding hydrogens is 244 g/mol. The molecule has 19 heavy (non-hydrogen) atoms. The molecule has 0 aliphatic rings. The summed E-state index contributed by atoms with van der Waals surface area (Å²) in [4.78, 5) is 17.7. The van der Waals surface area contributed by atoms with E-state index in [0.717, 1.165) is 23.1 Å². The summed E-state index contributed by atoms with van der Waals surface area (Å²) in [7, 11) is 0. The van der Waals surface area contributed by atoms with E-state index in [-0.39, 0.29) is 6.01 Å². The van der Waals surface area contributed by atoms with E-state index < -0.39 is 6.09 Å². The first kappa shape index (κ1) is 11.3. The van der Waals surface area contributed by atoms with Crippen LogP contribution in [0.5, 0.6) is 6.01 Å². The van der Waals surface area contributed by atoms with Crippen LogP contribution in [-0.4, -0.2) is 20.6 Å². The monoisotopic (exact) mass is 256 g/mol. The van der Waals surface area contributed by atoms with Gasteiger partial charge in [-0.3, -0.25) is 0 Å². The molecule has 0 fully saturated rings. The number of carbonyl (C=O) groups is 1. The smallest absolute Gasteiger partial charge is 0.376 e. The fourth-order valence-corrected chi connectivity index (χ4v) is 1.96. The lowest BCUT2D eigenvalue weighted by molar-refractivity contribution is 0.207. The van der Waals surface area contributed by atoms with Crippen molar-refractivity contribution in [1.29, 1.82) is 0 Å². The van der Waals surface area contributed by atoms with Crippen molar-refractivity contribution >= 4 is 17.1 Å². The lowest BCUT2D eigenvalue weighted by Gasteiger charge is -2.02. The Bertz CT molecular complexity index is 715. The van der Waals surface area contributed by atoms with Crippen molar-refractivity contribution < 1.29 is 9.53 Å². The van der Waals surface area contributed by atoms with Gasteiger partial charge in [-0.1, -0.05) is 6.07 Å². The maximum atomic E-state index is 10.7. The molecule has 0 saturated heterocycles. The first-order chi connectivity index (χ1) is 9.20. The van der Waals surface area contributed by atoms with E-state index in [1.165, 1.54) is 0 Å². The number of rotatable bonds is 3. The molecule has 2 aromatic heterocycles. The Kier molecular flexibility index (Phi) is 2.68. The summed E-state index contributed by atoms with van der Waals surface area (Å²) < 4.78 is 6.78. The molecular formula is C13H12N4O2. The number of nitrogens with one attached hydrogen (secondary N) is 1. The fourth-order valence-electron chi connectivity index (χ4n) is 1.96. The van der Waals surface area contributed by atoms with Crippen molar-refractivity contribution in [3.05, 3.63) is 48.3 Å². The zero-order valence-electron chi connectivity index (χ0n) is 10.0. The lowest BCUT2D eigenvalue weighted by Crippen LogP contribution is -2.16. The zero-order chi connectivity index (χ0) is 13.2. The predicted molar refractivity (Wildman–Crippen MR) is 69.8 cm³/mol. The molecule has 2 heterocycles. The Morgan fingerprint density at radius 2 is 2.16 bits per heavy atom. The molecule has 6 nitrogen and oxygen atoms in total. The van der Waals surface area contributed by atoms with Crippen molar-refractivity contribution in [2.75, 3.05) is 0 Å². The molecule has 3 rings (SSSR count). The summed E-state index contributed by atoms with van der Waals surface area (Å²) in [5, 5.41) is 0. The van der Waals surface area contributed by atoms with Gasteiger partial charge in [0.05, 0.1) is 11.0 Å². The third-order valence-corrected chi connectivity index (χ3v) is 2.75. The lowest BCUT2D eigenvalue weighted by atomic mass is 10.2. The van der Waals surface area contributed by atoms with Crippen molar-refractivity contribution in [3.63, 3.8) is 0 Å². The Labute approximate surface area is 108 Å². The fraction of sp³-hybridized carbons (Fsp3) is 0.0769. The quantitative estimate of drug-likeness (QED) is 0.750.